The largest absolute Gasteiger partial charge is 0.335 e. The molecule has 2 unspecified atom stereocenters. The monoisotopic (exact) mass is 341 g/mol. The normalized spacial score (nSPS) is 26.3. The fraction of sp³-hybridized carbons (Fsp3) is 0.533. The van der Waals surface area contributed by atoms with Gasteiger partial charge >= 0.3 is 0 Å². The van der Waals surface area contributed by atoms with Gasteiger partial charge in [-0.2, -0.15) is 0 Å². The molecule has 1 aromatic carbocycles. The van der Waals surface area contributed by atoms with Crippen molar-refractivity contribution in [2.75, 3.05) is 6.54 Å². The van der Waals surface area contributed by atoms with E-state index < -0.39 is 0 Å². The number of rotatable bonds is 1. The summed E-state index contributed by atoms with van der Waals surface area (Å²) in [6.45, 7) is 0.886. The van der Waals surface area contributed by atoms with E-state index in [0.717, 1.165) is 23.9 Å². The molecule has 0 spiro atoms. The van der Waals surface area contributed by atoms with Crippen molar-refractivity contribution in [1.29, 1.82) is 0 Å². The van der Waals surface area contributed by atoms with Crippen molar-refractivity contribution in [2.45, 2.75) is 38.1 Å². The van der Waals surface area contributed by atoms with E-state index in [1.165, 1.54) is 19.3 Å². The molecule has 19 heavy (non-hydrogen) atoms. The summed E-state index contributed by atoms with van der Waals surface area (Å²) in [4.78, 5) is 14.7. The Morgan fingerprint density at radius 1 is 1.26 bits per heavy atom. The van der Waals surface area contributed by atoms with Crippen molar-refractivity contribution in [3.05, 3.63) is 33.3 Å². The number of hydrogen-bond acceptors (Lipinski definition) is 1. The van der Waals surface area contributed by atoms with Crippen LogP contribution < -0.4 is 0 Å². The molecule has 0 N–H and O–H groups in total. The molecule has 1 aliphatic heterocycles. The number of benzene rings is 1. The summed E-state index contributed by atoms with van der Waals surface area (Å²) in [5, 5.41) is 0.534. The summed E-state index contributed by atoms with van der Waals surface area (Å²) in [6, 6.07) is 6.01. The van der Waals surface area contributed by atoms with E-state index in [1.54, 1.807) is 0 Å². The minimum atomic E-state index is 0.0979. The van der Waals surface area contributed by atoms with Crippen LogP contribution in [0.1, 0.15) is 42.5 Å². The van der Waals surface area contributed by atoms with Crippen molar-refractivity contribution in [3.8, 4) is 0 Å². The minimum Gasteiger partial charge on any atom is -0.335 e. The van der Waals surface area contributed by atoms with Gasteiger partial charge in [0, 0.05) is 17.1 Å². The first-order valence-electron chi connectivity index (χ1n) is 6.93. The minimum absolute atomic E-state index is 0.0979. The average molecular weight is 343 g/mol. The van der Waals surface area contributed by atoms with Crippen molar-refractivity contribution in [3.63, 3.8) is 0 Å². The molecule has 1 heterocycles. The zero-order valence-corrected chi connectivity index (χ0v) is 13.1. The fourth-order valence-electron chi connectivity index (χ4n) is 3.48. The number of fused-ring (bicyclic) bond motifs is 1. The van der Waals surface area contributed by atoms with Crippen LogP contribution >= 0.6 is 27.5 Å². The van der Waals surface area contributed by atoms with Crippen LogP contribution in [0.15, 0.2) is 22.7 Å². The first-order chi connectivity index (χ1) is 9.18. The average Bonchev–Trinajstić information content (AvgIpc) is 2.85. The molecule has 0 radical (unpaired) electrons. The number of hydrogen-bond donors (Lipinski definition) is 0. The maximum atomic E-state index is 12.7. The highest BCUT2D eigenvalue weighted by molar-refractivity contribution is 9.10. The van der Waals surface area contributed by atoms with Crippen molar-refractivity contribution >= 4 is 33.4 Å². The summed E-state index contributed by atoms with van der Waals surface area (Å²) in [6.07, 6.45) is 6.16. The number of carbonyl (C=O) groups is 1. The Labute approximate surface area is 127 Å². The van der Waals surface area contributed by atoms with Crippen molar-refractivity contribution in [2.24, 2.45) is 5.92 Å². The third kappa shape index (κ3) is 2.43. The quantitative estimate of drug-likeness (QED) is 0.735. The molecular formula is C15H17BrClNO. The van der Waals surface area contributed by atoms with Gasteiger partial charge in [-0.15, -0.1) is 0 Å². The number of halogens is 2. The van der Waals surface area contributed by atoms with Gasteiger partial charge in [0.1, 0.15) is 0 Å². The van der Waals surface area contributed by atoms with E-state index in [4.69, 9.17) is 11.6 Å². The van der Waals surface area contributed by atoms with Crippen LogP contribution in [0.25, 0.3) is 0 Å². The van der Waals surface area contributed by atoms with E-state index in [-0.39, 0.29) is 5.91 Å². The summed E-state index contributed by atoms with van der Waals surface area (Å²) >= 11 is 9.64. The fourth-order valence-corrected chi connectivity index (χ4v) is 4.05. The molecule has 2 fully saturated rings. The molecule has 4 heteroatoms. The Bertz CT molecular complexity index is 505. The second-order valence-corrected chi connectivity index (χ2v) is 6.73. The number of amides is 1. The molecule has 1 aromatic rings. The second kappa shape index (κ2) is 5.45. The predicted octanol–water partition coefficient (Wildman–Crippen LogP) is 4.51. The van der Waals surface area contributed by atoms with E-state index in [1.807, 2.05) is 18.2 Å². The van der Waals surface area contributed by atoms with Crippen LogP contribution in [0, 0.1) is 5.92 Å². The molecule has 2 aliphatic rings. The van der Waals surface area contributed by atoms with E-state index in [0.29, 0.717) is 22.5 Å². The van der Waals surface area contributed by atoms with Gasteiger partial charge in [-0.1, -0.05) is 30.5 Å². The molecule has 0 aromatic heterocycles. The van der Waals surface area contributed by atoms with E-state index in [9.17, 15) is 4.79 Å². The number of nitrogens with zero attached hydrogens (tertiary/aromatic N) is 1. The molecule has 1 amide bonds. The van der Waals surface area contributed by atoms with E-state index in [2.05, 4.69) is 20.8 Å². The lowest BCUT2D eigenvalue weighted by molar-refractivity contribution is 0.0690. The lowest BCUT2D eigenvalue weighted by atomic mass is 9.85. The third-order valence-electron chi connectivity index (χ3n) is 4.45. The maximum Gasteiger partial charge on any atom is 0.255 e. The Kier molecular flexibility index (Phi) is 3.86. The van der Waals surface area contributed by atoms with Gasteiger partial charge in [0.25, 0.3) is 5.91 Å². The zero-order valence-electron chi connectivity index (χ0n) is 10.7. The summed E-state index contributed by atoms with van der Waals surface area (Å²) < 4.78 is 0.791. The molecule has 0 bridgehead atoms. The first kappa shape index (κ1) is 13.4. The van der Waals surface area contributed by atoms with Crippen molar-refractivity contribution in [1.82, 2.24) is 4.90 Å². The highest BCUT2D eigenvalue weighted by Gasteiger charge is 2.38. The smallest absolute Gasteiger partial charge is 0.255 e. The lowest BCUT2D eigenvalue weighted by Crippen LogP contribution is -2.39. The summed E-state index contributed by atoms with van der Waals surface area (Å²) in [5.74, 6) is 0.810. The molecule has 2 nitrogen and oxygen atoms in total. The number of carbonyl (C=O) groups excluding carboxylic acids is 1. The third-order valence-corrected chi connectivity index (χ3v) is 5.75. The van der Waals surface area contributed by atoms with Gasteiger partial charge in [-0.3, -0.25) is 4.79 Å². The first-order valence-corrected chi connectivity index (χ1v) is 8.10. The highest BCUT2D eigenvalue weighted by Crippen LogP contribution is 2.38. The van der Waals surface area contributed by atoms with E-state index >= 15 is 0 Å². The second-order valence-electron chi connectivity index (χ2n) is 5.50. The molecule has 102 valence electrons. The van der Waals surface area contributed by atoms with Gasteiger partial charge < -0.3 is 4.90 Å². The molecular weight excluding hydrogens is 326 g/mol. The van der Waals surface area contributed by atoms with Gasteiger partial charge in [-0.05, 0) is 53.2 Å². The highest BCUT2D eigenvalue weighted by atomic mass is 79.9. The van der Waals surface area contributed by atoms with Crippen LogP contribution in [0.4, 0.5) is 0 Å². The van der Waals surface area contributed by atoms with Crippen LogP contribution in [-0.2, 0) is 0 Å². The van der Waals surface area contributed by atoms with Crippen LogP contribution in [-0.4, -0.2) is 23.4 Å². The zero-order chi connectivity index (χ0) is 13.4. The molecule has 1 saturated carbocycles. The van der Waals surface area contributed by atoms with Crippen molar-refractivity contribution < 1.29 is 4.79 Å². The molecule has 1 saturated heterocycles. The van der Waals surface area contributed by atoms with Crippen LogP contribution in [0.2, 0.25) is 5.02 Å². The lowest BCUT2D eigenvalue weighted by Gasteiger charge is -2.32. The van der Waals surface area contributed by atoms with Gasteiger partial charge in [-0.25, -0.2) is 0 Å². The SMILES string of the molecule is O=C(c1cccc(Br)c1Cl)N1CCC2CCCCC21. The Morgan fingerprint density at radius 3 is 2.89 bits per heavy atom. The number of likely N-dealkylation sites (tertiary alicyclic amines) is 1. The molecule has 1 aliphatic carbocycles. The standard InChI is InChI=1S/C15H17BrClNO/c16-12-6-3-5-11(14(12)17)15(19)18-9-8-10-4-1-2-7-13(10)18/h3,5-6,10,13H,1-2,4,7-9H2. The summed E-state index contributed by atoms with van der Waals surface area (Å²) in [7, 11) is 0. The van der Waals surface area contributed by atoms with Gasteiger partial charge in [0.05, 0.1) is 10.6 Å². The van der Waals surface area contributed by atoms with Crippen LogP contribution in [0.3, 0.4) is 0 Å². The summed E-state index contributed by atoms with van der Waals surface area (Å²) in [5.41, 5.74) is 0.627. The van der Waals surface area contributed by atoms with Gasteiger partial charge in [0.2, 0.25) is 0 Å². The Morgan fingerprint density at radius 2 is 2.05 bits per heavy atom. The maximum absolute atomic E-state index is 12.7. The Balaban J connectivity index is 1.86. The predicted molar refractivity (Wildman–Crippen MR) is 80.6 cm³/mol. The molecule has 2 atom stereocenters. The molecule has 3 rings (SSSR count). The Hall–Kier alpha value is -0.540. The topological polar surface area (TPSA) is 20.3 Å². The van der Waals surface area contributed by atoms with Crippen LogP contribution in [0.5, 0.6) is 0 Å². The van der Waals surface area contributed by atoms with Gasteiger partial charge in [0.15, 0.2) is 0 Å².